The summed E-state index contributed by atoms with van der Waals surface area (Å²) < 4.78 is 9.52. The fraction of sp³-hybridized carbons (Fsp3) is 0.600. The highest BCUT2D eigenvalue weighted by molar-refractivity contribution is 6.34. The number of nitrogens with zero attached hydrogens (tertiary/aromatic N) is 5. The highest BCUT2D eigenvalue weighted by Crippen LogP contribution is 2.71. The Morgan fingerprint density at radius 2 is 1.88 bits per heavy atom. The lowest BCUT2D eigenvalue weighted by Gasteiger charge is -2.70. The van der Waals surface area contributed by atoms with Gasteiger partial charge in [0.2, 0.25) is 0 Å². The molecule has 0 spiro atoms. The number of hydrogen-bond donors (Lipinski definition) is 1. The van der Waals surface area contributed by atoms with Crippen molar-refractivity contribution < 1.29 is 9.84 Å². The van der Waals surface area contributed by atoms with E-state index in [-0.39, 0.29) is 5.54 Å². The first-order valence-electron chi connectivity index (χ1n) is 11.9. The molecule has 0 atom stereocenters. The number of aromatic nitrogens is 4. The highest BCUT2D eigenvalue weighted by Gasteiger charge is 2.69. The topological polar surface area (TPSA) is 68.3 Å². The second-order valence-corrected chi connectivity index (χ2v) is 11.6. The van der Waals surface area contributed by atoms with E-state index in [1.807, 2.05) is 37.0 Å². The number of benzene rings is 1. The average molecular weight is 470 g/mol. The van der Waals surface area contributed by atoms with Crippen molar-refractivity contribution >= 4 is 28.2 Å². The van der Waals surface area contributed by atoms with Crippen molar-refractivity contribution in [2.75, 3.05) is 31.7 Å². The van der Waals surface area contributed by atoms with E-state index in [0.717, 1.165) is 79.1 Å². The fourth-order valence-corrected chi connectivity index (χ4v) is 6.92. The lowest BCUT2D eigenvalue weighted by Crippen LogP contribution is -2.69. The molecule has 3 saturated carbocycles. The summed E-state index contributed by atoms with van der Waals surface area (Å²) in [6, 6.07) is 4.17. The maximum Gasteiger partial charge on any atom is 0.103 e. The first-order chi connectivity index (χ1) is 15.7. The minimum Gasteiger partial charge on any atom is -0.390 e. The van der Waals surface area contributed by atoms with Gasteiger partial charge in [-0.05, 0) is 64.0 Å². The van der Waals surface area contributed by atoms with Crippen LogP contribution in [0.1, 0.15) is 46.0 Å². The summed E-state index contributed by atoms with van der Waals surface area (Å²) in [5.41, 5.74) is 2.95. The molecule has 176 valence electrons. The molecule has 33 heavy (non-hydrogen) atoms. The number of halogens is 1. The molecule has 2 bridgehead atoms. The Labute approximate surface area is 199 Å². The molecule has 1 N–H and O–H groups in total. The Hall–Kier alpha value is -2.09. The van der Waals surface area contributed by atoms with Crippen LogP contribution in [0.25, 0.3) is 16.6 Å². The first kappa shape index (κ1) is 21.4. The Balaban J connectivity index is 1.26. The van der Waals surface area contributed by atoms with Crippen LogP contribution in [0, 0.1) is 11.3 Å². The molecule has 4 fully saturated rings. The minimum absolute atomic E-state index is 0.166. The van der Waals surface area contributed by atoms with Gasteiger partial charge in [0.25, 0.3) is 0 Å². The summed E-state index contributed by atoms with van der Waals surface area (Å²) in [6.45, 7) is 6.45. The van der Waals surface area contributed by atoms with Crippen molar-refractivity contribution in [1.29, 1.82) is 0 Å². The Morgan fingerprint density at radius 1 is 1.15 bits per heavy atom. The molecule has 7 rings (SSSR count). The van der Waals surface area contributed by atoms with Gasteiger partial charge < -0.3 is 14.7 Å². The van der Waals surface area contributed by atoms with Crippen LogP contribution in [0.3, 0.4) is 0 Å². The molecule has 0 amide bonds. The molecule has 0 radical (unpaired) electrons. The smallest absolute Gasteiger partial charge is 0.103 e. The monoisotopic (exact) mass is 469 g/mol. The van der Waals surface area contributed by atoms with Gasteiger partial charge in [0.15, 0.2) is 0 Å². The molecular weight excluding hydrogens is 438 g/mol. The van der Waals surface area contributed by atoms with Gasteiger partial charge >= 0.3 is 0 Å². The number of ether oxygens (including phenoxy) is 1. The lowest BCUT2D eigenvalue weighted by atomic mass is 9.39. The van der Waals surface area contributed by atoms with Gasteiger partial charge in [-0.3, -0.25) is 4.68 Å². The molecule has 1 aliphatic heterocycles. The number of hydrogen-bond acceptors (Lipinski definition) is 5. The van der Waals surface area contributed by atoms with Crippen molar-refractivity contribution in [3.8, 4) is 5.69 Å². The van der Waals surface area contributed by atoms with Gasteiger partial charge in [0, 0.05) is 31.0 Å². The lowest BCUT2D eigenvalue weighted by molar-refractivity contribution is -0.217. The number of fused-ring (bicyclic) bond motifs is 1. The second kappa shape index (κ2) is 7.20. The van der Waals surface area contributed by atoms with Crippen molar-refractivity contribution in [2.45, 2.75) is 57.1 Å². The summed E-state index contributed by atoms with van der Waals surface area (Å²) in [6.07, 6.45) is 11.3. The number of rotatable bonds is 6. The normalized spacial score (nSPS) is 27.6. The Morgan fingerprint density at radius 3 is 2.55 bits per heavy atom. The summed E-state index contributed by atoms with van der Waals surface area (Å²) in [5, 5.41) is 21.5. The molecule has 2 aromatic heterocycles. The highest BCUT2D eigenvalue weighted by atomic mass is 35.5. The van der Waals surface area contributed by atoms with E-state index in [1.165, 1.54) is 0 Å². The van der Waals surface area contributed by atoms with Crippen LogP contribution in [0.15, 0.2) is 30.7 Å². The van der Waals surface area contributed by atoms with Crippen LogP contribution in [0.5, 0.6) is 0 Å². The zero-order valence-corrected chi connectivity index (χ0v) is 20.3. The summed E-state index contributed by atoms with van der Waals surface area (Å²) in [4.78, 5) is 2.34. The quantitative estimate of drug-likeness (QED) is 0.580. The number of methoxy groups -OCH3 is 1. The second-order valence-electron chi connectivity index (χ2n) is 11.2. The fourth-order valence-electron chi connectivity index (χ4n) is 6.63. The molecule has 4 aliphatic rings. The Kier molecular flexibility index (Phi) is 4.68. The maximum absolute atomic E-state index is 10.4. The predicted octanol–water partition coefficient (Wildman–Crippen LogP) is 4.39. The van der Waals surface area contributed by atoms with E-state index in [9.17, 15) is 5.11 Å². The van der Waals surface area contributed by atoms with E-state index < -0.39 is 5.60 Å². The van der Waals surface area contributed by atoms with Crippen molar-refractivity contribution in [3.63, 3.8) is 0 Å². The third-order valence-corrected chi connectivity index (χ3v) is 8.64. The van der Waals surface area contributed by atoms with Crippen molar-refractivity contribution in [3.05, 3.63) is 35.7 Å². The van der Waals surface area contributed by atoms with Gasteiger partial charge in [0.05, 0.1) is 52.6 Å². The van der Waals surface area contributed by atoms with Crippen LogP contribution < -0.4 is 4.90 Å². The van der Waals surface area contributed by atoms with Gasteiger partial charge in [-0.2, -0.15) is 10.2 Å². The van der Waals surface area contributed by atoms with Crippen LogP contribution in [0.2, 0.25) is 5.02 Å². The SMILES string of the molecule is COCC12CC(n3cc(-n4ncc5cc(Cl)c(N6CCC(C(C)(C)O)CC6)cc54)cn3)(C1)C2. The van der Waals surface area contributed by atoms with Crippen molar-refractivity contribution in [1.82, 2.24) is 19.6 Å². The van der Waals surface area contributed by atoms with E-state index in [1.54, 1.807) is 7.11 Å². The molecule has 3 aliphatic carbocycles. The third kappa shape index (κ3) is 3.31. The molecule has 8 heteroatoms. The van der Waals surface area contributed by atoms with E-state index in [4.69, 9.17) is 21.4 Å². The van der Waals surface area contributed by atoms with Gasteiger partial charge in [0.1, 0.15) is 5.69 Å². The predicted molar refractivity (Wildman–Crippen MR) is 129 cm³/mol. The zero-order valence-electron chi connectivity index (χ0n) is 19.6. The summed E-state index contributed by atoms with van der Waals surface area (Å²) in [7, 11) is 1.79. The van der Waals surface area contributed by atoms with Crippen LogP contribution >= 0.6 is 11.6 Å². The molecule has 7 nitrogen and oxygen atoms in total. The van der Waals surface area contributed by atoms with Gasteiger partial charge in [-0.25, -0.2) is 4.68 Å². The van der Waals surface area contributed by atoms with Crippen LogP contribution in [0.4, 0.5) is 5.69 Å². The molecule has 1 saturated heterocycles. The minimum atomic E-state index is -0.637. The van der Waals surface area contributed by atoms with E-state index in [0.29, 0.717) is 11.3 Å². The zero-order chi connectivity index (χ0) is 23.0. The number of piperidine rings is 1. The Bertz CT molecular complexity index is 1180. The molecule has 3 heterocycles. The molecule has 0 unspecified atom stereocenters. The van der Waals surface area contributed by atoms with Crippen LogP contribution in [-0.4, -0.2) is 57.1 Å². The third-order valence-electron chi connectivity index (χ3n) is 8.33. The van der Waals surface area contributed by atoms with Gasteiger partial charge in [-0.15, -0.1) is 0 Å². The average Bonchev–Trinajstić information content (AvgIpc) is 3.35. The standard InChI is InChI=1S/C25H32ClN5O2/c1-23(2,32)18-4-6-29(7-5-18)22-9-21-17(8-20(22)26)10-28-31(21)19-11-27-30(12-19)25-13-24(14-25,15-25)16-33-3/h8-12,18,32H,4-7,13-16H2,1-3H3. The molecule has 1 aromatic carbocycles. The molecular formula is C25H32ClN5O2. The largest absolute Gasteiger partial charge is 0.390 e. The summed E-state index contributed by atoms with van der Waals surface area (Å²) >= 11 is 6.70. The van der Waals surface area contributed by atoms with Crippen molar-refractivity contribution in [2.24, 2.45) is 11.3 Å². The van der Waals surface area contributed by atoms with Gasteiger partial charge in [-0.1, -0.05) is 11.6 Å². The number of anilines is 1. The first-order valence-corrected chi connectivity index (χ1v) is 12.3. The summed E-state index contributed by atoms with van der Waals surface area (Å²) in [5.74, 6) is 0.313. The van der Waals surface area contributed by atoms with E-state index in [2.05, 4.69) is 26.9 Å². The molecule has 3 aromatic rings. The number of aliphatic hydroxyl groups is 1. The van der Waals surface area contributed by atoms with E-state index >= 15 is 0 Å². The maximum atomic E-state index is 10.4. The van der Waals surface area contributed by atoms with Crippen LogP contribution in [-0.2, 0) is 10.3 Å².